The molecule has 1 aromatic heterocycles. The number of carbonyl (C=O) groups is 1. The number of aromatic nitrogens is 1. The highest BCUT2D eigenvalue weighted by molar-refractivity contribution is 5.92. The first kappa shape index (κ1) is 12.6. The molecule has 16 heavy (non-hydrogen) atoms. The molecule has 0 aliphatic rings. The van der Waals surface area contributed by atoms with E-state index in [0.717, 1.165) is 5.69 Å². The number of rotatable bonds is 4. The molecule has 5 nitrogen and oxygen atoms in total. The van der Waals surface area contributed by atoms with Crippen molar-refractivity contribution in [2.75, 3.05) is 13.2 Å². The van der Waals surface area contributed by atoms with Gasteiger partial charge in [-0.25, -0.2) is 4.98 Å². The van der Waals surface area contributed by atoms with Gasteiger partial charge in [-0.05, 0) is 26.0 Å². The molecule has 1 amide bonds. The third-order valence-electron chi connectivity index (χ3n) is 2.09. The van der Waals surface area contributed by atoms with Crippen molar-refractivity contribution in [2.24, 2.45) is 0 Å². The Labute approximate surface area is 94.1 Å². The van der Waals surface area contributed by atoms with E-state index in [9.17, 15) is 9.90 Å². The van der Waals surface area contributed by atoms with Gasteiger partial charge in [-0.15, -0.1) is 0 Å². The summed E-state index contributed by atoms with van der Waals surface area (Å²) in [7, 11) is 0. The van der Waals surface area contributed by atoms with Gasteiger partial charge >= 0.3 is 0 Å². The van der Waals surface area contributed by atoms with Crippen molar-refractivity contribution in [1.29, 1.82) is 0 Å². The van der Waals surface area contributed by atoms with Crippen LogP contribution in [0, 0.1) is 6.92 Å². The second kappa shape index (κ2) is 5.05. The lowest BCUT2D eigenvalue weighted by Crippen LogP contribution is -2.43. The summed E-state index contributed by atoms with van der Waals surface area (Å²) in [6, 6.07) is 5.12. The van der Waals surface area contributed by atoms with E-state index in [0.29, 0.717) is 5.69 Å². The number of pyridine rings is 1. The number of amides is 1. The molecule has 3 N–H and O–H groups in total. The van der Waals surface area contributed by atoms with Crippen LogP contribution in [0.4, 0.5) is 0 Å². The maximum atomic E-state index is 11.6. The molecule has 1 unspecified atom stereocenters. The summed E-state index contributed by atoms with van der Waals surface area (Å²) in [5.41, 5.74) is -0.255. The maximum absolute atomic E-state index is 11.6. The third-order valence-corrected chi connectivity index (χ3v) is 2.09. The topological polar surface area (TPSA) is 82.5 Å². The van der Waals surface area contributed by atoms with Crippen LogP contribution >= 0.6 is 0 Å². The van der Waals surface area contributed by atoms with E-state index in [1.165, 1.54) is 6.92 Å². The number of nitrogens with zero attached hydrogens (tertiary/aromatic N) is 1. The molecule has 0 saturated carbocycles. The summed E-state index contributed by atoms with van der Waals surface area (Å²) >= 11 is 0. The molecule has 0 aromatic carbocycles. The third kappa shape index (κ3) is 3.60. The van der Waals surface area contributed by atoms with E-state index >= 15 is 0 Å². The van der Waals surface area contributed by atoms with Crippen LogP contribution in [0.15, 0.2) is 18.2 Å². The first-order chi connectivity index (χ1) is 7.44. The molecule has 88 valence electrons. The van der Waals surface area contributed by atoms with Crippen LogP contribution in [-0.2, 0) is 0 Å². The molecular formula is C11H16N2O3. The smallest absolute Gasteiger partial charge is 0.269 e. The molecule has 5 heteroatoms. The van der Waals surface area contributed by atoms with E-state index in [4.69, 9.17) is 5.11 Å². The number of aryl methyl sites for hydroxylation is 1. The van der Waals surface area contributed by atoms with Crippen molar-refractivity contribution in [1.82, 2.24) is 10.3 Å². The molecular weight excluding hydrogens is 208 g/mol. The quantitative estimate of drug-likeness (QED) is 0.665. The monoisotopic (exact) mass is 224 g/mol. The molecule has 1 heterocycles. The minimum absolute atomic E-state index is 0.0159. The lowest BCUT2D eigenvalue weighted by molar-refractivity contribution is 0.00316. The molecule has 0 fully saturated rings. The van der Waals surface area contributed by atoms with Crippen molar-refractivity contribution in [3.63, 3.8) is 0 Å². The molecule has 0 aliphatic heterocycles. The molecule has 1 aromatic rings. The van der Waals surface area contributed by atoms with E-state index in [1.54, 1.807) is 25.1 Å². The van der Waals surface area contributed by atoms with E-state index < -0.39 is 12.2 Å². The minimum atomic E-state index is -1.31. The average Bonchev–Trinajstić information content (AvgIpc) is 2.26. The molecule has 0 aliphatic carbocycles. The minimum Gasteiger partial charge on any atom is -0.393 e. The molecule has 0 bridgehead atoms. The van der Waals surface area contributed by atoms with Crippen molar-refractivity contribution in [3.05, 3.63) is 29.6 Å². The lowest BCUT2D eigenvalue weighted by Gasteiger charge is -2.20. The zero-order valence-corrected chi connectivity index (χ0v) is 9.40. The summed E-state index contributed by atoms with van der Waals surface area (Å²) in [6.45, 7) is 2.81. The molecule has 1 atom stereocenters. The Hall–Kier alpha value is -1.46. The molecule has 0 saturated heterocycles. The summed E-state index contributed by atoms with van der Waals surface area (Å²) < 4.78 is 0. The predicted molar refractivity (Wildman–Crippen MR) is 59.0 cm³/mol. The SMILES string of the molecule is Cc1cccc(C(=O)NCC(C)(O)CO)n1. The first-order valence-corrected chi connectivity index (χ1v) is 5.00. The van der Waals surface area contributed by atoms with Crippen molar-refractivity contribution in [3.8, 4) is 0 Å². The summed E-state index contributed by atoms with van der Waals surface area (Å²) in [5, 5.41) is 20.8. The number of hydrogen-bond acceptors (Lipinski definition) is 4. The van der Waals surface area contributed by atoms with Gasteiger partial charge in [0.1, 0.15) is 11.3 Å². The van der Waals surface area contributed by atoms with Crippen LogP contribution < -0.4 is 5.32 Å². The molecule has 0 radical (unpaired) electrons. The van der Waals surface area contributed by atoms with Gasteiger partial charge in [0, 0.05) is 12.2 Å². The summed E-state index contributed by atoms with van der Waals surface area (Å²) in [6.07, 6.45) is 0. The fourth-order valence-electron chi connectivity index (χ4n) is 1.09. The fourth-order valence-corrected chi connectivity index (χ4v) is 1.09. The zero-order valence-electron chi connectivity index (χ0n) is 9.40. The van der Waals surface area contributed by atoms with Crippen LogP contribution in [0.5, 0.6) is 0 Å². The Bertz CT molecular complexity index is 377. The zero-order chi connectivity index (χ0) is 12.2. The maximum Gasteiger partial charge on any atom is 0.269 e. The van der Waals surface area contributed by atoms with Gasteiger partial charge in [-0.2, -0.15) is 0 Å². The standard InChI is InChI=1S/C11H16N2O3/c1-8-4-3-5-9(13-8)10(15)12-6-11(2,16)7-14/h3-5,14,16H,6-7H2,1-2H3,(H,12,15). The average molecular weight is 224 g/mol. The largest absolute Gasteiger partial charge is 0.393 e. The number of hydrogen-bond donors (Lipinski definition) is 3. The van der Waals surface area contributed by atoms with E-state index in [-0.39, 0.29) is 12.5 Å². The second-order valence-electron chi connectivity index (χ2n) is 4.00. The Morgan fingerprint density at radius 1 is 1.56 bits per heavy atom. The molecule has 0 spiro atoms. The predicted octanol–water partition coefficient (Wildman–Crippen LogP) is -0.137. The Balaban J connectivity index is 2.60. The van der Waals surface area contributed by atoms with Gasteiger partial charge in [0.05, 0.1) is 6.61 Å². The van der Waals surface area contributed by atoms with Gasteiger partial charge in [-0.3, -0.25) is 4.79 Å². The number of nitrogens with one attached hydrogen (secondary N) is 1. The Morgan fingerprint density at radius 2 is 2.25 bits per heavy atom. The van der Waals surface area contributed by atoms with Gasteiger partial charge in [0.15, 0.2) is 0 Å². The summed E-state index contributed by atoms with van der Waals surface area (Å²) in [5.74, 6) is -0.363. The van der Waals surface area contributed by atoms with Crippen molar-refractivity contribution >= 4 is 5.91 Å². The Kier molecular flexibility index (Phi) is 3.98. The van der Waals surface area contributed by atoms with Crippen molar-refractivity contribution in [2.45, 2.75) is 19.4 Å². The van der Waals surface area contributed by atoms with Gasteiger partial charge in [-0.1, -0.05) is 6.07 Å². The van der Waals surface area contributed by atoms with Crippen molar-refractivity contribution < 1.29 is 15.0 Å². The number of carbonyl (C=O) groups excluding carboxylic acids is 1. The highest BCUT2D eigenvalue weighted by atomic mass is 16.3. The lowest BCUT2D eigenvalue weighted by atomic mass is 10.1. The van der Waals surface area contributed by atoms with Crippen LogP contribution in [-0.4, -0.2) is 39.9 Å². The highest BCUT2D eigenvalue weighted by Crippen LogP contribution is 2.01. The van der Waals surface area contributed by atoms with Gasteiger partial charge in [0.25, 0.3) is 5.91 Å². The summed E-state index contributed by atoms with van der Waals surface area (Å²) in [4.78, 5) is 15.6. The van der Waals surface area contributed by atoms with Crippen LogP contribution in [0.2, 0.25) is 0 Å². The van der Waals surface area contributed by atoms with Crippen LogP contribution in [0.1, 0.15) is 23.1 Å². The van der Waals surface area contributed by atoms with Crippen LogP contribution in [0.25, 0.3) is 0 Å². The molecule has 1 rings (SSSR count). The fraction of sp³-hybridized carbons (Fsp3) is 0.455. The Morgan fingerprint density at radius 3 is 2.81 bits per heavy atom. The normalized spacial score (nSPS) is 14.2. The first-order valence-electron chi connectivity index (χ1n) is 5.00. The number of aliphatic hydroxyl groups excluding tert-OH is 1. The van der Waals surface area contributed by atoms with E-state index in [2.05, 4.69) is 10.3 Å². The second-order valence-corrected chi connectivity index (χ2v) is 4.00. The highest BCUT2D eigenvalue weighted by Gasteiger charge is 2.20. The van der Waals surface area contributed by atoms with Crippen LogP contribution in [0.3, 0.4) is 0 Å². The number of aliphatic hydroxyl groups is 2. The van der Waals surface area contributed by atoms with E-state index in [1.807, 2.05) is 0 Å². The van der Waals surface area contributed by atoms with Gasteiger partial charge < -0.3 is 15.5 Å². The van der Waals surface area contributed by atoms with Gasteiger partial charge in [0.2, 0.25) is 0 Å².